The Morgan fingerprint density at radius 3 is 2.65 bits per heavy atom. The molecule has 1 atom stereocenters. The zero-order valence-corrected chi connectivity index (χ0v) is 12.7. The maximum Gasteiger partial charge on any atom is 0.336 e. The number of carbonyl (C=O) groups excluding carboxylic acids is 1. The van der Waals surface area contributed by atoms with E-state index in [-0.39, 0.29) is 17.6 Å². The molecule has 1 unspecified atom stereocenters. The number of anilines is 1. The number of urea groups is 1. The van der Waals surface area contributed by atoms with Gasteiger partial charge < -0.3 is 15.7 Å². The van der Waals surface area contributed by atoms with Crippen LogP contribution in [-0.2, 0) is 0 Å². The summed E-state index contributed by atoms with van der Waals surface area (Å²) < 4.78 is 0. The second-order valence-corrected chi connectivity index (χ2v) is 5.40. The first kappa shape index (κ1) is 16.4. The molecule has 0 heterocycles. The molecule has 0 radical (unpaired) electrons. The molecule has 0 fully saturated rings. The lowest BCUT2D eigenvalue weighted by Gasteiger charge is -2.16. The minimum absolute atomic E-state index is 0.106. The van der Waals surface area contributed by atoms with Gasteiger partial charge in [0.05, 0.1) is 5.56 Å². The van der Waals surface area contributed by atoms with E-state index in [0.29, 0.717) is 11.3 Å². The molecule has 0 saturated heterocycles. The summed E-state index contributed by atoms with van der Waals surface area (Å²) in [5, 5.41) is 14.6. The molecule has 6 heteroatoms. The lowest BCUT2D eigenvalue weighted by Crippen LogP contribution is -2.39. The van der Waals surface area contributed by atoms with Crippen molar-refractivity contribution >= 4 is 29.4 Å². The molecular weight excluding hydrogens is 276 g/mol. The Morgan fingerprint density at radius 2 is 2.10 bits per heavy atom. The first-order valence-corrected chi connectivity index (χ1v) is 7.77. The van der Waals surface area contributed by atoms with Crippen LogP contribution in [0.5, 0.6) is 0 Å². The van der Waals surface area contributed by atoms with Gasteiger partial charge in [0.25, 0.3) is 0 Å². The molecule has 1 aromatic rings. The van der Waals surface area contributed by atoms with Crippen molar-refractivity contribution in [2.45, 2.75) is 26.3 Å². The van der Waals surface area contributed by atoms with Crippen LogP contribution in [0.2, 0.25) is 0 Å². The average Bonchev–Trinajstić information content (AvgIpc) is 2.40. The Balaban J connectivity index is 2.71. The highest BCUT2D eigenvalue weighted by Gasteiger charge is 2.12. The molecule has 0 spiro atoms. The lowest BCUT2D eigenvalue weighted by atomic mass is 10.1. The number of thioether (sulfide) groups is 1. The zero-order chi connectivity index (χ0) is 15.1. The van der Waals surface area contributed by atoms with Crippen molar-refractivity contribution < 1.29 is 14.7 Å². The third-order valence-electron chi connectivity index (χ3n) is 2.92. The predicted octanol–water partition coefficient (Wildman–Crippen LogP) is 2.96. The third kappa shape index (κ3) is 4.77. The first-order valence-electron chi connectivity index (χ1n) is 6.38. The smallest absolute Gasteiger partial charge is 0.336 e. The topological polar surface area (TPSA) is 78.4 Å². The zero-order valence-electron chi connectivity index (χ0n) is 11.9. The average molecular weight is 296 g/mol. The summed E-state index contributed by atoms with van der Waals surface area (Å²) in [6.45, 7) is 3.73. The number of carbonyl (C=O) groups is 2. The molecule has 20 heavy (non-hydrogen) atoms. The quantitative estimate of drug-likeness (QED) is 0.754. The van der Waals surface area contributed by atoms with Crippen LogP contribution in [0.4, 0.5) is 10.5 Å². The molecule has 0 saturated carbocycles. The number of hydrogen-bond donors (Lipinski definition) is 3. The van der Waals surface area contributed by atoms with Crippen molar-refractivity contribution in [3.05, 3.63) is 29.3 Å². The van der Waals surface area contributed by atoms with Gasteiger partial charge in [0, 0.05) is 17.5 Å². The molecule has 0 bridgehead atoms. The molecule has 1 rings (SSSR count). The number of aromatic carboxylic acids is 1. The number of amides is 2. The van der Waals surface area contributed by atoms with E-state index in [1.54, 1.807) is 30.8 Å². The van der Waals surface area contributed by atoms with Crippen LogP contribution >= 0.6 is 11.8 Å². The highest BCUT2D eigenvalue weighted by Crippen LogP contribution is 2.15. The van der Waals surface area contributed by atoms with Crippen molar-refractivity contribution in [3.63, 3.8) is 0 Å². The van der Waals surface area contributed by atoms with E-state index >= 15 is 0 Å². The summed E-state index contributed by atoms with van der Waals surface area (Å²) in [4.78, 5) is 22.9. The standard InChI is InChI=1S/C14H20N2O3S/c1-4-10(8-20-3)15-14(19)16-11-6-5-9(2)12(7-11)13(17)18/h5-7,10H,4,8H2,1-3H3,(H,17,18)(H2,15,16,19). The number of carboxylic acids is 1. The molecular formula is C14H20N2O3S. The van der Waals surface area contributed by atoms with Gasteiger partial charge in [-0.05, 0) is 37.3 Å². The Kier molecular flexibility index (Phi) is 6.38. The summed E-state index contributed by atoms with van der Waals surface area (Å²) >= 11 is 1.67. The Hall–Kier alpha value is -1.69. The van der Waals surface area contributed by atoms with E-state index < -0.39 is 5.97 Å². The molecule has 1 aromatic carbocycles. The van der Waals surface area contributed by atoms with Gasteiger partial charge in [0.2, 0.25) is 0 Å². The molecule has 3 N–H and O–H groups in total. The SMILES string of the molecule is CCC(CSC)NC(=O)Nc1ccc(C)c(C(=O)O)c1. The molecule has 0 aliphatic carbocycles. The fraction of sp³-hybridized carbons (Fsp3) is 0.429. The minimum Gasteiger partial charge on any atom is -0.478 e. The molecule has 0 aromatic heterocycles. The fourth-order valence-electron chi connectivity index (χ4n) is 1.75. The van der Waals surface area contributed by atoms with E-state index in [2.05, 4.69) is 10.6 Å². The van der Waals surface area contributed by atoms with Crippen molar-refractivity contribution in [1.82, 2.24) is 5.32 Å². The summed E-state index contributed by atoms with van der Waals surface area (Å²) in [6.07, 6.45) is 2.84. The van der Waals surface area contributed by atoms with Gasteiger partial charge >= 0.3 is 12.0 Å². The molecule has 0 aliphatic heterocycles. The van der Waals surface area contributed by atoms with Crippen LogP contribution in [0.25, 0.3) is 0 Å². The van der Waals surface area contributed by atoms with E-state index in [9.17, 15) is 9.59 Å². The molecule has 0 aliphatic rings. The molecule has 5 nitrogen and oxygen atoms in total. The minimum atomic E-state index is -1.000. The molecule has 110 valence electrons. The highest BCUT2D eigenvalue weighted by molar-refractivity contribution is 7.98. The van der Waals surface area contributed by atoms with Gasteiger partial charge in [-0.2, -0.15) is 11.8 Å². The van der Waals surface area contributed by atoms with Gasteiger partial charge in [0.1, 0.15) is 0 Å². The van der Waals surface area contributed by atoms with Gasteiger partial charge in [-0.15, -0.1) is 0 Å². The van der Waals surface area contributed by atoms with Crippen molar-refractivity contribution in [1.29, 1.82) is 0 Å². The maximum atomic E-state index is 11.8. The van der Waals surface area contributed by atoms with E-state index in [1.807, 2.05) is 13.2 Å². The normalized spacial score (nSPS) is 11.8. The largest absolute Gasteiger partial charge is 0.478 e. The molecule has 2 amide bonds. The number of rotatable bonds is 6. The van der Waals surface area contributed by atoms with Crippen LogP contribution in [-0.4, -0.2) is 35.2 Å². The van der Waals surface area contributed by atoms with Gasteiger partial charge in [-0.25, -0.2) is 9.59 Å². The van der Waals surface area contributed by atoms with Crippen molar-refractivity contribution in [3.8, 4) is 0 Å². The summed E-state index contributed by atoms with van der Waals surface area (Å²) in [5.41, 5.74) is 1.33. The number of carboxylic acid groups (broad SMARTS) is 1. The second kappa shape index (κ2) is 7.79. The first-order chi connectivity index (χ1) is 9.47. The van der Waals surface area contributed by atoms with E-state index in [4.69, 9.17) is 5.11 Å². The van der Waals surface area contributed by atoms with Crippen LogP contribution < -0.4 is 10.6 Å². The maximum absolute atomic E-state index is 11.8. The highest BCUT2D eigenvalue weighted by atomic mass is 32.2. The van der Waals surface area contributed by atoms with Crippen LogP contribution in [0.1, 0.15) is 29.3 Å². The van der Waals surface area contributed by atoms with Gasteiger partial charge in [0.15, 0.2) is 0 Å². The Morgan fingerprint density at radius 1 is 1.40 bits per heavy atom. The van der Waals surface area contributed by atoms with Crippen LogP contribution in [0, 0.1) is 6.92 Å². The lowest BCUT2D eigenvalue weighted by molar-refractivity contribution is 0.0696. The van der Waals surface area contributed by atoms with Gasteiger partial charge in [-0.1, -0.05) is 13.0 Å². The second-order valence-electron chi connectivity index (χ2n) is 4.49. The number of aryl methyl sites for hydroxylation is 1. The van der Waals surface area contributed by atoms with Gasteiger partial charge in [-0.3, -0.25) is 0 Å². The number of hydrogen-bond acceptors (Lipinski definition) is 3. The summed E-state index contributed by atoms with van der Waals surface area (Å²) in [7, 11) is 0. The fourth-order valence-corrected chi connectivity index (χ4v) is 2.47. The predicted molar refractivity (Wildman–Crippen MR) is 82.8 cm³/mol. The van der Waals surface area contributed by atoms with Crippen molar-refractivity contribution in [2.75, 3.05) is 17.3 Å². The van der Waals surface area contributed by atoms with Crippen molar-refractivity contribution in [2.24, 2.45) is 0 Å². The number of nitrogens with one attached hydrogen (secondary N) is 2. The van der Waals surface area contributed by atoms with E-state index in [1.165, 1.54) is 6.07 Å². The van der Waals surface area contributed by atoms with E-state index in [0.717, 1.165) is 12.2 Å². The van der Waals surface area contributed by atoms with Crippen LogP contribution in [0.3, 0.4) is 0 Å². The Labute approximate surface area is 123 Å². The number of benzene rings is 1. The monoisotopic (exact) mass is 296 g/mol. The summed E-state index contributed by atoms with van der Waals surface area (Å²) in [5.74, 6) is -0.154. The third-order valence-corrected chi connectivity index (χ3v) is 3.66. The van der Waals surface area contributed by atoms with Crippen LogP contribution in [0.15, 0.2) is 18.2 Å². The Bertz CT molecular complexity index is 491. The summed E-state index contributed by atoms with van der Waals surface area (Å²) in [6, 6.07) is 4.63.